The lowest BCUT2D eigenvalue weighted by molar-refractivity contribution is 0.0827. The Morgan fingerprint density at radius 3 is 2.42 bits per heavy atom. The Labute approximate surface area is 115 Å². The molecule has 0 atom stereocenters. The van der Waals surface area contributed by atoms with Crippen molar-refractivity contribution in [3.05, 3.63) is 23.9 Å². The van der Waals surface area contributed by atoms with Crippen molar-refractivity contribution < 1.29 is 4.79 Å². The number of pyridine rings is 1. The Morgan fingerprint density at radius 2 is 2.00 bits per heavy atom. The summed E-state index contributed by atoms with van der Waals surface area (Å²) in [5.41, 5.74) is 6.59. The molecule has 106 valence electrons. The summed E-state index contributed by atoms with van der Waals surface area (Å²) < 4.78 is 0. The quantitative estimate of drug-likeness (QED) is 0.820. The molecule has 0 aromatic carbocycles. The van der Waals surface area contributed by atoms with Gasteiger partial charge < -0.3 is 16.0 Å². The van der Waals surface area contributed by atoms with Gasteiger partial charge in [0.1, 0.15) is 5.82 Å². The smallest absolute Gasteiger partial charge is 0.254 e. The van der Waals surface area contributed by atoms with E-state index in [1.807, 2.05) is 6.07 Å². The molecule has 1 amide bonds. The first kappa shape index (κ1) is 15.4. The maximum Gasteiger partial charge on any atom is 0.254 e. The van der Waals surface area contributed by atoms with Crippen molar-refractivity contribution in [2.24, 2.45) is 5.73 Å². The maximum atomic E-state index is 11.7. The number of aromatic nitrogens is 1. The zero-order chi connectivity index (χ0) is 14.5. The Morgan fingerprint density at radius 1 is 1.37 bits per heavy atom. The molecule has 0 saturated heterocycles. The molecular weight excluding hydrogens is 240 g/mol. The SMILES string of the molecule is CCC(N)(CC)CNc1ccc(C(=O)N(C)C)cn1. The highest BCUT2D eigenvalue weighted by Crippen LogP contribution is 2.13. The highest BCUT2D eigenvalue weighted by molar-refractivity contribution is 5.93. The zero-order valence-corrected chi connectivity index (χ0v) is 12.2. The molecule has 19 heavy (non-hydrogen) atoms. The topological polar surface area (TPSA) is 71.2 Å². The summed E-state index contributed by atoms with van der Waals surface area (Å²) in [5, 5.41) is 3.22. The van der Waals surface area contributed by atoms with Crippen molar-refractivity contribution in [1.82, 2.24) is 9.88 Å². The highest BCUT2D eigenvalue weighted by Gasteiger charge is 2.19. The summed E-state index contributed by atoms with van der Waals surface area (Å²) in [7, 11) is 3.44. The van der Waals surface area contributed by atoms with Crippen LogP contribution in [0.3, 0.4) is 0 Å². The van der Waals surface area contributed by atoms with Crippen LogP contribution in [0.5, 0.6) is 0 Å². The van der Waals surface area contributed by atoms with Gasteiger partial charge in [-0.25, -0.2) is 4.98 Å². The summed E-state index contributed by atoms with van der Waals surface area (Å²) in [6, 6.07) is 3.58. The first-order chi connectivity index (χ1) is 8.91. The van der Waals surface area contributed by atoms with Crippen LogP contribution < -0.4 is 11.1 Å². The number of hydrogen-bond acceptors (Lipinski definition) is 4. The van der Waals surface area contributed by atoms with Gasteiger partial charge in [0.25, 0.3) is 5.91 Å². The summed E-state index contributed by atoms with van der Waals surface area (Å²) >= 11 is 0. The third kappa shape index (κ3) is 4.21. The summed E-state index contributed by atoms with van der Waals surface area (Å²) in [6.07, 6.45) is 3.40. The molecule has 0 bridgehead atoms. The van der Waals surface area contributed by atoms with E-state index in [4.69, 9.17) is 5.73 Å². The minimum Gasteiger partial charge on any atom is -0.368 e. The number of nitrogens with two attached hydrogens (primary N) is 1. The largest absolute Gasteiger partial charge is 0.368 e. The standard InChI is InChI=1S/C14H24N4O/c1-5-14(15,6-2)10-17-12-8-7-11(9-16-12)13(19)18(3)4/h7-9H,5-6,10,15H2,1-4H3,(H,16,17). The van der Waals surface area contributed by atoms with Crippen LogP contribution in [-0.2, 0) is 0 Å². The lowest BCUT2D eigenvalue weighted by Gasteiger charge is -2.27. The van der Waals surface area contributed by atoms with Crippen molar-refractivity contribution in [2.45, 2.75) is 32.2 Å². The molecule has 0 aliphatic carbocycles. The predicted molar refractivity (Wildman–Crippen MR) is 78.2 cm³/mol. The monoisotopic (exact) mass is 264 g/mol. The maximum absolute atomic E-state index is 11.7. The number of rotatable bonds is 6. The Kier molecular flexibility index (Phi) is 5.30. The van der Waals surface area contributed by atoms with Gasteiger partial charge in [0, 0.05) is 32.4 Å². The number of carbonyl (C=O) groups excluding carboxylic acids is 1. The minimum atomic E-state index is -0.209. The van der Waals surface area contributed by atoms with E-state index in [1.54, 1.807) is 26.4 Å². The normalized spacial score (nSPS) is 11.2. The molecule has 1 aromatic heterocycles. The molecule has 1 aromatic rings. The Bertz CT molecular complexity index is 410. The highest BCUT2D eigenvalue weighted by atomic mass is 16.2. The molecule has 0 fully saturated rings. The van der Waals surface area contributed by atoms with E-state index < -0.39 is 0 Å². The molecule has 5 heteroatoms. The van der Waals surface area contributed by atoms with Crippen LogP contribution in [0.25, 0.3) is 0 Å². The second kappa shape index (κ2) is 6.52. The van der Waals surface area contributed by atoms with Crippen LogP contribution in [0.1, 0.15) is 37.0 Å². The first-order valence-corrected chi connectivity index (χ1v) is 6.62. The molecule has 3 N–H and O–H groups in total. The molecule has 1 rings (SSSR count). The van der Waals surface area contributed by atoms with Crippen LogP contribution in [0, 0.1) is 0 Å². The second-order valence-corrected chi connectivity index (χ2v) is 5.05. The van der Waals surface area contributed by atoms with Crippen molar-refractivity contribution in [2.75, 3.05) is 26.0 Å². The number of hydrogen-bond donors (Lipinski definition) is 2. The fourth-order valence-electron chi connectivity index (χ4n) is 1.65. The van der Waals surface area contributed by atoms with E-state index in [1.165, 1.54) is 4.90 Å². The van der Waals surface area contributed by atoms with Gasteiger partial charge in [0.15, 0.2) is 0 Å². The fourth-order valence-corrected chi connectivity index (χ4v) is 1.65. The number of anilines is 1. The fraction of sp³-hybridized carbons (Fsp3) is 0.571. The van der Waals surface area contributed by atoms with Crippen molar-refractivity contribution in [3.63, 3.8) is 0 Å². The zero-order valence-electron chi connectivity index (χ0n) is 12.2. The van der Waals surface area contributed by atoms with Gasteiger partial charge in [0.2, 0.25) is 0 Å². The first-order valence-electron chi connectivity index (χ1n) is 6.62. The summed E-state index contributed by atoms with van der Waals surface area (Å²) in [5.74, 6) is 0.696. The van der Waals surface area contributed by atoms with Crippen LogP contribution in [0.2, 0.25) is 0 Å². The molecule has 5 nitrogen and oxygen atoms in total. The predicted octanol–water partition coefficient (Wildman–Crippen LogP) is 1.71. The number of nitrogens with one attached hydrogen (secondary N) is 1. The van der Waals surface area contributed by atoms with Crippen molar-refractivity contribution in [3.8, 4) is 0 Å². The van der Waals surface area contributed by atoms with Crippen molar-refractivity contribution in [1.29, 1.82) is 0 Å². The Balaban J connectivity index is 2.65. The molecule has 0 aliphatic rings. The van der Waals surface area contributed by atoms with E-state index in [0.717, 1.165) is 18.7 Å². The van der Waals surface area contributed by atoms with Crippen molar-refractivity contribution >= 4 is 11.7 Å². The molecule has 0 aliphatic heterocycles. The van der Waals surface area contributed by atoms with Gasteiger partial charge in [-0.3, -0.25) is 4.79 Å². The van der Waals surface area contributed by atoms with Crippen LogP contribution in [-0.4, -0.2) is 42.0 Å². The van der Waals surface area contributed by atoms with Gasteiger partial charge in [-0.2, -0.15) is 0 Å². The minimum absolute atomic E-state index is 0.0469. The van der Waals surface area contributed by atoms with E-state index in [0.29, 0.717) is 12.1 Å². The summed E-state index contributed by atoms with van der Waals surface area (Å²) in [4.78, 5) is 17.5. The second-order valence-electron chi connectivity index (χ2n) is 5.05. The van der Waals surface area contributed by atoms with Crippen LogP contribution in [0.4, 0.5) is 5.82 Å². The number of carbonyl (C=O) groups is 1. The third-order valence-corrected chi connectivity index (χ3v) is 3.45. The van der Waals surface area contributed by atoms with E-state index in [-0.39, 0.29) is 11.4 Å². The molecule has 0 saturated carbocycles. The van der Waals surface area contributed by atoms with Gasteiger partial charge in [-0.05, 0) is 25.0 Å². The van der Waals surface area contributed by atoms with E-state index in [2.05, 4.69) is 24.1 Å². The Hall–Kier alpha value is -1.62. The molecule has 0 spiro atoms. The molecule has 0 unspecified atom stereocenters. The molecule has 0 radical (unpaired) electrons. The van der Waals surface area contributed by atoms with Gasteiger partial charge in [-0.1, -0.05) is 13.8 Å². The average Bonchev–Trinajstić information content (AvgIpc) is 2.44. The summed E-state index contributed by atoms with van der Waals surface area (Å²) in [6.45, 7) is 4.84. The number of amides is 1. The average molecular weight is 264 g/mol. The van der Waals surface area contributed by atoms with E-state index in [9.17, 15) is 4.79 Å². The van der Waals surface area contributed by atoms with Gasteiger partial charge in [0.05, 0.1) is 5.56 Å². The lowest BCUT2D eigenvalue weighted by Crippen LogP contribution is -2.45. The number of nitrogens with zero attached hydrogens (tertiary/aromatic N) is 2. The molecule has 1 heterocycles. The molecular formula is C14H24N4O. The third-order valence-electron chi connectivity index (χ3n) is 3.45. The van der Waals surface area contributed by atoms with E-state index >= 15 is 0 Å². The van der Waals surface area contributed by atoms with Crippen LogP contribution >= 0.6 is 0 Å². The van der Waals surface area contributed by atoms with Crippen LogP contribution in [0.15, 0.2) is 18.3 Å². The lowest BCUT2D eigenvalue weighted by atomic mass is 9.94. The van der Waals surface area contributed by atoms with Gasteiger partial charge in [-0.15, -0.1) is 0 Å². The van der Waals surface area contributed by atoms with Gasteiger partial charge >= 0.3 is 0 Å².